The lowest BCUT2D eigenvalue weighted by Crippen LogP contribution is -2.25. The summed E-state index contributed by atoms with van der Waals surface area (Å²) in [6, 6.07) is 13.0. The van der Waals surface area contributed by atoms with Crippen molar-refractivity contribution in [3.8, 4) is 5.75 Å². The maximum atomic E-state index is 12.4. The molecule has 0 unspecified atom stereocenters. The second kappa shape index (κ2) is 9.08. The van der Waals surface area contributed by atoms with E-state index in [1.807, 2.05) is 44.2 Å². The SMILES string of the molecule is COc1ccc(CNC(=O)c2nnn(CC(=O)Nc3cccc(C)c3C)c2N)cc1. The van der Waals surface area contributed by atoms with Crippen LogP contribution in [0.3, 0.4) is 0 Å². The van der Waals surface area contributed by atoms with Crippen LogP contribution in [0.4, 0.5) is 11.5 Å². The van der Waals surface area contributed by atoms with Crippen LogP contribution in [0.5, 0.6) is 5.75 Å². The summed E-state index contributed by atoms with van der Waals surface area (Å²) in [5.74, 6) is -0.0234. The number of nitrogen functional groups attached to an aromatic ring is 1. The van der Waals surface area contributed by atoms with Gasteiger partial charge in [-0.1, -0.05) is 29.5 Å². The standard InChI is InChI=1S/C21H24N6O3/c1-13-5-4-6-17(14(13)2)24-18(28)12-27-20(22)19(25-26-27)21(29)23-11-15-7-9-16(30-3)10-8-15/h4-10H,11-12,22H2,1-3H3,(H,23,29)(H,24,28). The number of nitrogens with one attached hydrogen (secondary N) is 2. The number of carbonyl (C=O) groups excluding carboxylic acids is 2. The van der Waals surface area contributed by atoms with E-state index in [0.717, 1.165) is 28.1 Å². The van der Waals surface area contributed by atoms with Gasteiger partial charge in [0.2, 0.25) is 5.91 Å². The second-order valence-electron chi connectivity index (χ2n) is 6.81. The first-order valence-electron chi connectivity index (χ1n) is 9.35. The number of ether oxygens (including phenoxy) is 1. The molecule has 0 aliphatic rings. The summed E-state index contributed by atoms with van der Waals surface area (Å²) >= 11 is 0. The molecule has 2 aromatic carbocycles. The van der Waals surface area contributed by atoms with Gasteiger partial charge in [-0.15, -0.1) is 5.10 Å². The van der Waals surface area contributed by atoms with Crippen LogP contribution in [-0.4, -0.2) is 33.9 Å². The zero-order valence-corrected chi connectivity index (χ0v) is 17.1. The number of aryl methyl sites for hydroxylation is 1. The number of hydrogen-bond donors (Lipinski definition) is 3. The summed E-state index contributed by atoms with van der Waals surface area (Å²) in [6.07, 6.45) is 0. The Balaban J connectivity index is 1.61. The summed E-state index contributed by atoms with van der Waals surface area (Å²) in [5, 5.41) is 13.2. The highest BCUT2D eigenvalue weighted by atomic mass is 16.5. The maximum absolute atomic E-state index is 12.4. The van der Waals surface area contributed by atoms with Gasteiger partial charge in [0, 0.05) is 12.2 Å². The molecule has 0 radical (unpaired) electrons. The Bertz CT molecular complexity index is 1060. The quantitative estimate of drug-likeness (QED) is 0.550. The average Bonchev–Trinajstić information content (AvgIpc) is 3.10. The van der Waals surface area contributed by atoms with Crippen molar-refractivity contribution in [2.45, 2.75) is 26.9 Å². The van der Waals surface area contributed by atoms with Crippen LogP contribution < -0.4 is 21.1 Å². The van der Waals surface area contributed by atoms with Crippen LogP contribution in [0, 0.1) is 13.8 Å². The minimum absolute atomic E-state index is 0.0250. The number of rotatable bonds is 7. The van der Waals surface area contributed by atoms with Gasteiger partial charge in [-0.2, -0.15) is 0 Å². The molecule has 0 aliphatic carbocycles. The Kier molecular flexibility index (Phi) is 6.31. The van der Waals surface area contributed by atoms with Crippen LogP contribution >= 0.6 is 0 Å². The molecule has 0 saturated carbocycles. The minimum atomic E-state index is -0.468. The van der Waals surface area contributed by atoms with E-state index in [1.165, 1.54) is 4.68 Å². The molecule has 9 heteroatoms. The van der Waals surface area contributed by atoms with Crippen LogP contribution in [0.2, 0.25) is 0 Å². The van der Waals surface area contributed by atoms with Crippen molar-refractivity contribution in [1.29, 1.82) is 0 Å². The number of amides is 2. The van der Waals surface area contributed by atoms with Crippen molar-refractivity contribution in [2.75, 3.05) is 18.2 Å². The number of methoxy groups -OCH3 is 1. The predicted octanol–water partition coefficient (Wildman–Crippen LogP) is 2.05. The zero-order valence-electron chi connectivity index (χ0n) is 17.1. The Morgan fingerprint density at radius 2 is 1.87 bits per heavy atom. The van der Waals surface area contributed by atoms with E-state index in [1.54, 1.807) is 19.2 Å². The molecule has 1 heterocycles. The molecule has 0 atom stereocenters. The molecule has 0 aliphatic heterocycles. The highest BCUT2D eigenvalue weighted by Gasteiger charge is 2.19. The van der Waals surface area contributed by atoms with E-state index >= 15 is 0 Å². The average molecular weight is 408 g/mol. The Morgan fingerprint density at radius 1 is 1.13 bits per heavy atom. The summed E-state index contributed by atoms with van der Waals surface area (Å²) in [6.45, 7) is 4.04. The topological polar surface area (TPSA) is 124 Å². The molecule has 3 rings (SSSR count). The largest absolute Gasteiger partial charge is 0.497 e. The van der Waals surface area contributed by atoms with Gasteiger partial charge < -0.3 is 21.1 Å². The summed E-state index contributed by atoms with van der Waals surface area (Å²) < 4.78 is 6.30. The summed E-state index contributed by atoms with van der Waals surface area (Å²) in [4.78, 5) is 24.8. The number of anilines is 2. The first kappa shape index (κ1) is 20.8. The molecular weight excluding hydrogens is 384 g/mol. The van der Waals surface area contributed by atoms with Crippen molar-refractivity contribution in [3.05, 3.63) is 64.8 Å². The molecule has 30 heavy (non-hydrogen) atoms. The fraction of sp³-hybridized carbons (Fsp3) is 0.238. The number of nitrogens with zero attached hydrogens (tertiary/aromatic N) is 3. The lowest BCUT2D eigenvalue weighted by atomic mass is 10.1. The lowest BCUT2D eigenvalue weighted by Gasteiger charge is -2.10. The molecular formula is C21H24N6O3. The number of aromatic nitrogens is 3. The molecule has 156 valence electrons. The third kappa shape index (κ3) is 4.75. The monoisotopic (exact) mass is 408 g/mol. The van der Waals surface area contributed by atoms with Crippen LogP contribution in [-0.2, 0) is 17.9 Å². The molecule has 0 bridgehead atoms. The van der Waals surface area contributed by atoms with Gasteiger partial charge in [-0.25, -0.2) is 4.68 Å². The van der Waals surface area contributed by atoms with Gasteiger partial charge >= 0.3 is 0 Å². The summed E-state index contributed by atoms with van der Waals surface area (Å²) in [5.41, 5.74) is 9.63. The fourth-order valence-electron chi connectivity index (χ4n) is 2.82. The van der Waals surface area contributed by atoms with E-state index < -0.39 is 5.91 Å². The van der Waals surface area contributed by atoms with Crippen LogP contribution in [0.1, 0.15) is 27.2 Å². The highest BCUT2D eigenvalue weighted by molar-refractivity contribution is 5.97. The van der Waals surface area contributed by atoms with E-state index in [9.17, 15) is 9.59 Å². The van der Waals surface area contributed by atoms with Crippen molar-refractivity contribution in [2.24, 2.45) is 0 Å². The van der Waals surface area contributed by atoms with Gasteiger partial charge in [0.1, 0.15) is 12.3 Å². The Morgan fingerprint density at radius 3 is 2.57 bits per heavy atom. The molecule has 3 aromatic rings. The molecule has 1 aromatic heterocycles. The molecule has 0 spiro atoms. The molecule has 4 N–H and O–H groups in total. The first-order valence-corrected chi connectivity index (χ1v) is 9.35. The molecule has 2 amide bonds. The Labute approximate surface area is 174 Å². The van der Waals surface area contributed by atoms with Crippen molar-refractivity contribution >= 4 is 23.3 Å². The lowest BCUT2D eigenvalue weighted by molar-refractivity contribution is -0.116. The number of carbonyl (C=O) groups is 2. The number of hydrogen-bond acceptors (Lipinski definition) is 6. The maximum Gasteiger partial charge on any atom is 0.275 e. The van der Waals surface area contributed by atoms with Crippen LogP contribution in [0.25, 0.3) is 0 Å². The van der Waals surface area contributed by atoms with Gasteiger partial charge in [-0.3, -0.25) is 9.59 Å². The van der Waals surface area contributed by atoms with Crippen LogP contribution in [0.15, 0.2) is 42.5 Å². The zero-order chi connectivity index (χ0) is 21.7. The normalized spacial score (nSPS) is 10.5. The first-order chi connectivity index (χ1) is 14.4. The third-order valence-electron chi connectivity index (χ3n) is 4.77. The predicted molar refractivity (Wildman–Crippen MR) is 113 cm³/mol. The van der Waals surface area contributed by atoms with Crippen molar-refractivity contribution < 1.29 is 14.3 Å². The molecule has 0 saturated heterocycles. The van der Waals surface area contributed by atoms with E-state index in [2.05, 4.69) is 20.9 Å². The van der Waals surface area contributed by atoms with Crippen molar-refractivity contribution in [3.63, 3.8) is 0 Å². The number of benzene rings is 2. The molecule has 9 nitrogen and oxygen atoms in total. The van der Waals surface area contributed by atoms with E-state index in [0.29, 0.717) is 6.54 Å². The third-order valence-corrected chi connectivity index (χ3v) is 4.77. The second-order valence-corrected chi connectivity index (χ2v) is 6.81. The minimum Gasteiger partial charge on any atom is -0.497 e. The number of nitrogens with two attached hydrogens (primary N) is 1. The fourth-order valence-corrected chi connectivity index (χ4v) is 2.82. The smallest absolute Gasteiger partial charge is 0.275 e. The van der Waals surface area contributed by atoms with Gasteiger partial charge in [0.05, 0.1) is 7.11 Å². The highest BCUT2D eigenvalue weighted by Crippen LogP contribution is 2.18. The van der Waals surface area contributed by atoms with Gasteiger partial charge in [-0.05, 0) is 48.7 Å². The molecule has 0 fully saturated rings. The van der Waals surface area contributed by atoms with Crippen molar-refractivity contribution in [1.82, 2.24) is 20.3 Å². The van der Waals surface area contributed by atoms with E-state index in [-0.39, 0.29) is 24.0 Å². The summed E-state index contributed by atoms with van der Waals surface area (Å²) in [7, 11) is 1.59. The van der Waals surface area contributed by atoms with E-state index in [4.69, 9.17) is 10.5 Å². The van der Waals surface area contributed by atoms with Gasteiger partial charge in [0.25, 0.3) is 5.91 Å². The Hall–Kier alpha value is -3.88. The van der Waals surface area contributed by atoms with Gasteiger partial charge in [0.15, 0.2) is 11.5 Å².